The molecule has 0 bridgehead atoms. The second-order valence-electron chi connectivity index (χ2n) is 7.66. The fourth-order valence-corrected chi connectivity index (χ4v) is 3.26. The Morgan fingerprint density at radius 3 is 2.66 bits per heavy atom. The molecule has 1 aliphatic carbocycles. The Morgan fingerprint density at radius 2 is 2.00 bits per heavy atom. The Bertz CT molecular complexity index is 702. The number of para-hydroxylation sites is 1. The molecule has 1 saturated heterocycles. The summed E-state index contributed by atoms with van der Waals surface area (Å²) in [4.78, 5) is 21.1. The smallest absolute Gasteiger partial charge is 0.234 e. The van der Waals surface area contributed by atoms with Crippen LogP contribution in [-0.4, -0.2) is 79.6 Å². The van der Waals surface area contributed by atoms with Crippen LogP contribution in [0.15, 0.2) is 29.3 Å². The molecule has 2 fully saturated rings. The maximum Gasteiger partial charge on any atom is 0.234 e. The molecule has 1 saturated carbocycles. The molecule has 7 nitrogen and oxygen atoms in total. The van der Waals surface area contributed by atoms with E-state index in [0.29, 0.717) is 19.1 Å². The number of aliphatic imine (C=N–C) groups is 1. The van der Waals surface area contributed by atoms with Crippen molar-refractivity contribution in [3.05, 3.63) is 30.1 Å². The molecule has 29 heavy (non-hydrogen) atoms. The number of hydrogen-bond acceptors (Lipinski definition) is 4. The van der Waals surface area contributed by atoms with Gasteiger partial charge in [-0.3, -0.25) is 9.69 Å². The van der Waals surface area contributed by atoms with Crippen molar-refractivity contribution in [2.75, 3.05) is 45.8 Å². The van der Waals surface area contributed by atoms with Gasteiger partial charge in [-0.05, 0) is 38.8 Å². The van der Waals surface area contributed by atoms with Gasteiger partial charge in [0.1, 0.15) is 6.10 Å². The summed E-state index contributed by atoms with van der Waals surface area (Å²) in [5.74, 6) is 0.842. The normalized spacial score (nSPS) is 19.0. The van der Waals surface area contributed by atoms with Crippen molar-refractivity contribution in [3.63, 3.8) is 0 Å². The first kappa shape index (κ1) is 21.4. The molecule has 0 radical (unpaired) electrons. The number of piperazine rings is 1. The SMILES string of the molecule is CCNC(=NCC(C)Oc1ccccc1F)N1CCN(CC(=O)NC2CC2)CC1. The van der Waals surface area contributed by atoms with E-state index in [1.165, 1.54) is 6.07 Å². The third-order valence-electron chi connectivity index (χ3n) is 4.98. The number of halogens is 1. The van der Waals surface area contributed by atoms with Gasteiger partial charge in [0.2, 0.25) is 5.91 Å². The number of rotatable bonds is 8. The maximum absolute atomic E-state index is 13.7. The third-order valence-corrected chi connectivity index (χ3v) is 4.98. The van der Waals surface area contributed by atoms with E-state index in [1.54, 1.807) is 18.2 Å². The Morgan fingerprint density at radius 1 is 1.28 bits per heavy atom. The fourth-order valence-electron chi connectivity index (χ4n) is 3.26. The number of hydrogen-bond donors (Lipinski definition) is 2. The van der Waals surface area contributed by atoms with E-state index in [4.69, 9.17) is 4.74 Å². The van der Waals surface area contributed by atoms with E-state index in [1.807, 2.05) is 13.8 Å². The number of carbonyl (C=O) groups is 1. The van der Waals surface area contributed by atoms with Crippen LogP contribution in [0.25, 0.3) is 0 Å². The monoisotopic (exact) mass is 405 g/mol. The Kier molecular flexibility index (Phi) is 7.69. The van der Waals surface area contributed by atoms with E-state index in [2.05, 4.69) is 25.4 Å². The molecule has 1 atom stereocenters. The van der Waals surface area contributed by atoms with Gasteiger partial charge in [-0.1, -0.05) is 12.1 Å². The van der Waals surface area contributed by atoms with Crippen molar-refractivity contribution in [3.8, 4) is 5.75 Å². The zero-order chi connectivity index (χ0) is 20.6. The molecule has 160 valence electrons. The summed E-state index contributed by atoms with van der Waals surface area (Å²) in [6.45, 7) is 8.85. The summed E-state index contributed by atoms with van der Waals surface area (Å²) in [6, 6.07) is 6.82. The lowest BCUT2D eigenvalue weighted by Crippen LogP contribution is -2.54. The van der Waals surface area contributed by atoms with E-state index in [9.17, 15) is 9.18 Å². The van der Waals surface area contributed by atoms with Gasteiger partial charge in [-0.2, -0.15) is 0 Å². The van der Waals surface area contributed by atoms with E-state index in [-0.39, 0.29) is 23.6 Å². The molecule has 3 rings (SSSR count). The van der Waals surface area contributed by atoms with Crippen molar-refractivity contribution in [1.29, 1.82) is 0 Å². The fraction of sp³-hybridized carbons (Fsp3) is 0.619. The Labute approximate surface area is 172 Å². The number of guanidine groups is 1. The van der Waals surface area contributed by atoms with E-state index >= 15 is 0 Å². The quantitative estimate of drug-likeness (QED) is 0.506. The van der Waals surface area contributed by atoms with Crippen molar-refractivity contribution >= 4 is 11.9 Å². The molecular weight excluding hydrogens is 373 g/mol. The van der Waals surface area contributed by atoms with E-state index < -0.39 is 0 Å². The molecule has 1 aliphatic heterocycles. The molecule has 0 spiro atoms. The lowest BCUT2D eigenvalue weighted by Gasteiger charge is -2.36. The van der Waals surface area contributed by atoms with Crippen LogP contribution in [-0.2, 0) is 4.79 Å². The van der Waals surface area contributed by atoms with Crippen LogP contribution in [0.4, 0.5) is 4.39 Å². The molecule has 1 aromatic rings. The minimum atomic E-state index is -0.364. The molecule has 8 heteroatoms. The third kappa shape index (κ3) is 6.88. The van der Waals surface area contributed by atoms with Gasteiger partial charge in [0.15, 0.2) is 17.5 Å². The first-order valence-electron chi connectivity index (χ1n) is 10.5. The van der Waals surface area contributed by atoms with Crippen molar-refractivity contribution in [1.82, 2.24) is 20.4 Å². The predicted molar refractivity (Wildman–Crippen MR) is 112 cm³/mol. The summed E-state index contributed by atoms with van der Waals surface area (Å²) in [5, 5.41) is 6.36. The first-order chi connectivity index (χ1) is 14.0. The summed E-state index contributed by atoms with van der Waals surface area (Å²) < 4.78 is 19.4. The average Bonchev–Trinajstić information content (AvgIpc) is 3.51. The van der Waals surface area contributed by atoms with Crippen LogP contribution in [0.1, 0.15) is 26.7 Å². The zero-order valence-electron chi connectivity index (χ0n) is 17.4. The van der Waals surface area contributed by atoms with Crippen LogP contribution in [0.5, 0.6) is 5.75 Å². The van der Waals surface area contributed by atoms with Crippen LogP contribution >= 0.6 is 0 Å². The second-order valence-corrected chi connectivity index (χ2v) is 7.66. The lowest BCUT2D eigenvalue weighted by atomic mass is 10.3. The second kappa shape index (κ2) is 10.4. The largest absolute Gasteiger partial charge is 0.486 e. The summed E-state index contributed by atoms with van der Waals surface area (Å²) in [7, 11) is 0. The average molecular weight is 406 g/mol. The molecule has 2 aliphatic rings. The molecule has 0 aromatic heterocycles. The Hall–Kier alpha value is -2.35. The van der Waals surface area contributed by atoms with Gasteiger partial charge < -0.3 is 20.3 Å². The van der Waals surface area contributed by atoms with Gasteiger partial charge in [0, 0.05) is 38.8 Å². The molecular formula is C21H32FN5O2. The van der Waals surface area contributed by atoms with Gasteiger partial charge in [0.05, 0.1) is 13.1 Å². The highest BCUT2D eigenvalue weighted by atomic mass is 19.1. The van der Waals surface area contributed by atoms with Gasteiger partial charge in [-0.25, -0.2) is 9.38 Å². The molecule has 1 aromatic carbocycles. The first-order valence-corrected chi connectivity index (χ1v) is 10.5. The highest BCUT2D eigenvalue weighted by molar-refractivity contribution is 5.80. The summed E-state index contributed by atoms with van der Waals surface area (Å²) >= 11 is 0. The number of nitrogens with zero attached hydrogens (tertiary/aromatic N) is 3. The highest BCUT2D eigenvalue weighted by Crippen LogP contribution is 2.18. The molecule has 1 amide bonds. The number of carbonyl (C=O) groups excluding carboxylic acids is 1. The molecule has 1 heterocycles. The van der Waals surface area contributed by atoms with Crippen LogP contribution in [0.2, 0.25) is 0 Å². The number of benzene rings is 1. The number of nitrogens with one attached hydrogen (secondary N) is 2. The lowest BCUT2D eigenvalue weighted by molar-refractivity contribution is -0.122. The van der Waals surface area contributed by atoms with Gasteiger partial charge in [0.25, 0.3) is 0 Å². The zero-order valence-corrected chi connectivity index (χ0v) is 17.4. The number of ether oxygens (including phenoxy) is 1. The molecule has 2 N–H and O–H groups in total. The van der Waals surface area contributed by atoms with Crippen LogP contribution in [0.3, 0.4) is 0 Å². The minimum Gasteiger partial charge on any atom is -0.486 e. The standard InChI is InChI=1S/C21H32FN5O2/c1-3-23-21(24-14-16(2)29-19-7-5-4-6-18(19)22)27-12-10-26(11-13-27)15-20(28)25-17-8-9-17/h4-7,16-17H,3,8-15H2,1-2H3,(H,23,24)(H,25,28). The Balaban J connectivity index is 1.47. The minimum absolute atomic E-state index is 0.126. The van der Waals surface area contributed by atoms with Gasteiger partial charge in [-0.15, -0.1) is 0 Å². The van der Waals surface area contributed by atoms with Crippen molar-refractivity contribution in [2.24, 2.45) is 4.99 Å². The summed E-state index contributed by atoms with van der Waals surface area (Å²) in [5.41, 5.74) is 0. The van der Waals surface area contributed by atoms with Crippen LogP contribution < -0.4 is 15.4 Å². The summed E-state index contributed by atoms with van der Waals surface area (Å²) in [6.07, 6.45) is 1.98. The van der Waals surface area contributed by atoms with Crippen molar-refractivity contribution < 1.29 is 13.9 Å². The van der Waals surface area contributed by atoms with Crippen molar-refractivity contribution in [2.45, 2.75) is 38.8 Å². The van der Waals surface area contributed by atoms with Gasteiger partial charge >= 0.3 is 0 Å². The van der Waals surface area contributed by atoms with Crippen LogP contribution in [0, 0.1) is 5.82 Å². The topological polar surface area (TPSA) is 69.2 Å². The maximum atomic E-state index is 13.7. The molecule has 1 unspecified atom stereocenters. The predicted octanol–water partition coefficient (Wildman–Crippen LogP) is 1.45. The number of amides is 1. The van der Waals surface area contributed by atoms with E-state index in [0.717, 1.165) is 51.5 Å². The highest BCUT2D eigenvalue weighted by Gasteiger charge is 2.26.